The number of hydrogen-bond donors (Lipinski definition) is 0. The summed E-state index contributed by atoms with van der Waals surface area (Å²) in [5, 5.41) is 3.69. The fourth-order valence-electron chi connectivity index (χ4n) is 6.08. The van der Waals surface area contributed by atoms with Gasteiger partial charge >= 0.3 is 0 Å². The number of fused-ring (bicyclic) bond motifs is 6. The third-order valence-corrected chi connectivity index (χ3v) is 8.41. The van der Waals surface area contributed by atoms with Crippen LogP contribution in [0.4, 0.5) is 0 Å². The van der Waals surface area contributed by atoms with Gasteiger partial charge < -0.3 is 0 Å². The van der Waals surface area contributed by atoms with Gasteiger partial charge in [0.05, 0.1) is 17.4 Å². The predicted octanol–water partition coefficient (Wildman–Crippen LogP) is 10.4. The minimum Gasteiger partial charge on any atom is -0.292 e. The molecule has 2 nitrogen and oxygen atoms in total. The van der Waals surface area contributed by atoms with Crippen LogP contribution in [-0.2, 0) is 0 Å². The molecule has 3 aromatic carbocycles. The van der Waals surface area contributed by atoms with Crippen molar-refractivity contribution >= 4 is 38.5 Å². The largest absolute Gasteiger partial charge is 0.292 e. The van der Waals surface area contributed by atoms with Crippen molar-refractivity contribution in [3.05, 3.63) is 96.7 Å². The van der Waals surface area contributed by atoms with Crippen molar-refractivity contribution in [2.24, 2.45) is 11.3 Å². The lowest BCUT2D eigenvalue weighted by Gasteiger charge is -2.30. The van der Waals surface area contributed by atoms with Crippen LogP contribution in [0.1, 0.15) is 70.9 Å². The van der Waals surface area contributed by atoms with Crippen molar-refractivity contribution in [3.63, 3.8) is 0 Å². The second-order valence-electron chi connectivity index (χ2n) is 12.2. The molecule has 0 bridgehead atoms. The van der Waals surface area contributed by atoms with Gasteiger partial charge in [-0.3, -0.25) is 4.40 Å². The van der Waals surface area contributed by atoms with E-state index in [1.165, 1.54) is 55.9 Å². The van der Waals surface area contributed by atoms with Gasteiger partial charge in [0.2, 0.25) is 0 Å². The maximum absolute atomic E-state index is 5.07. The highest BCUT2D eigenvalue weighted by Gasteiger charge is 2.26. The molecule has 2 heteroatoms. The summed E-state index contributed by atoms with van der Waals surface area (Å²) in [6, 6.07) is 24.2. The molecule has 0 unspecified atom stereocenters. The monoisotopic (exact) mass is 498 g/mol. The topological polar surface area (TPSA) is 17.3 Å². The normalized spacial score (nSPS) is 15.4. The number of rotatable bonds is 6. The van der Waals surface area contributed by atoms with Gasteiger partial charge in [-0.1, -0.05) is 101 Å². The summed E-state index contributed by atoms with van der Waals surface area (Å²) in [6.07, 6.45) is 10.1. The van der Waals surface area contributed by atoms with Crippen LogP contribution < -0.4 is 0 Å². The zero-order valence-corrected chi connectivity index (χ0v) is 23.2. The van der Waals surface area contributed by atoms with Crippen molar-refractivity contribution in [3.8, 4) is 11.3 Å². The second kappa shape index (κ2) is 9.58. The van der Waals surface area contributed by atoms with Gasteiger partial charge in [0, 0.05) is 16.3 Å². The average molecular weight is 499 g/mol. The molecule has 0 saturated carbocycles. The van der Waals surface area contributed by atoms with E-state index in [-0.39, 0.29) is 0 Å². The van der Waals surface area contributed by atoms with Crippen molar-refractivity contribution in [2.45, 2.75) is 59.8 Å². The van der Waals surface area contributed by atoms with Crippen LogP contribution in [0.5, 0.6) is 0 Å². The molecule has 1 aliphatic carbocycles. The minimum absolute atomic E-state index is 0.362. The van der Waals surface area contributed by atoms with E-state index in [1.807, 2.05) is 0 Å². The Labute approximate surface area is 226 Å². The van der Waals surface area contributed by atoms with Crippen LogP contribution in [0, 0.1) is 11.3 Å². The third-order valence-electron chi connectivity index (χ3n) is 8.41. The zero-order chi connectivity index (χ0) is 26.4. The number of allylic oxidation sites excluding steroid dienone is 3. The first-order valence-electron chi connectivity index (χ1n) is 14.1. The lowest BCUT2D eigenvalue weighted by atomic mass is 9.75. The number of nitrogens with zero attached hydrogens (tertiary/aromatic N) is 2. The first-order valence-corrected chi connectivity index (χ1v) is 14.1. The van der Waals surface area contributed by atoms with Crippen LogP contribution in [0.3, 0.4) is 0 Å². The number of benzene rings is 3. The predicted molar refractivity (Wildman–Crippen MR) is 164 cm³/mol. The van der Waals surface area contributed by atoms with E-state index in [1.54, 1.807) is 0 Å². The van der Waals surface area contributed by atoms with E-state index < -0.39 is 0 Å². The van der Waals surface area contributed by atoms with Crippen LogP contribution in [-0.4, -0.2) is 9.38 Å². The van der Waals surface area contributed by atoms with Gasteiger partial charge in [-0.05, 0) is 77.2 Å². The molecular weight excluding hydrogens is 460 g/mol. The Morgan fingerprint density at radius 2 is 1.68 bits per heavy atom. The Balaban J connectivity index is 1.66. The lowest BCUT2D eigenvalue weighted by molar-refractivity contribution is 0.335. The highest BCUT2D eigenvalue weighted by atomic mass is 15.0. The van der Waals surface area contributed by atoms with E-state index in [0.29, 0.717) is 11.3 Å². The quantitative estimate of drug-likeness (QED) is 0.213. The molecule has 0 saturated heterocycles. The minimum atomic E-state index is 0.362. The molecular formula is C36H38N2. The summed E-state index contributed by atoms with van der Waals surface area (Å²) < 4.78 is 2.39. The van der Waals surface area contributed by atoms with Crippen LogP contribution in [0.25, 0.3) is 49.7 Å². The van der Waals surface area contributed by atoms with Gasteiger partial charge in [0.1, 0.15) is 5.65 Å². The molecule has 0 aliphatic heterocycles. The fraction of sp³-hybridized carbons (Fsp3) is 0.306. The molecule has 1 aliphatic rings. The highest BCUT2D eigenvalue weighted by Crippen LogP contribution is 2.44. The van der Waals surface area contributed by atoms with Crippen molar-refractivity contribution < 1.29 is 0 Å². The summed E-state index contributed by atoms with van der Waals surface area (Å²) in [4.78, 5) is 5.07. The molecule has 0 fully saturated rings. The third kappa shape index (κ3) is 4.26. The first kappa shape index (κ1) is 24.7. The summed E-state index contributed by atoms with van der Waals surface area (Å²) in [5.41, 5.74) is 10.3. The van der Waals surface area contributed by atoms with E-state index in [4.69, 9.17) is 4.98 Å². The molecule has 5 aromatic rings. The van der Waals surface area contributed by atoms with Crippen LogP contribution in [0.15, 0.2) is 85.6 Å². The Bertz CT molecular complexity index is 1710. The molecule has 2 aromatic heterocycles. The molecule has 0 atom stereocenters. The molecule has 0 spiro atoms. The van der Waals surface area contributed by atoms with Gasteiger partial charge in [-0.25, -0.2) is 4.98 Å². The Morgan fingerprint density at radius 1 is 0.947 bits per heavy atom. The van der Waals surface area contributed by atoms with Gasteiger partial charge in [-0.15, -0.1) is 0 Å². The van der Waals surface area contributed by atoms with Gasteiger partial charge in [0.15, 0.2) is 0 Å². The smallest absolute Gasteiger partial charge is 0.145 e. The number of imidazole rings is 1. The number of hydrogen-bond acceptors (Lipinski definition) is 1. The van der Waals surface area contributed by atoms with E-state index in [0.717, 1.165) is 37.0 Å². The number of pyridine rings is 1. The summed E-state index contributed by atoms with van der Waals surface area (Å²) in [5.74, 6) is 0.646. The molecule has 192 valence electrons. The van der Waals surface area contributed by atoms with Crippen molar-refractivity contribution in [1.82, 2.24) is 9.38 Å². The molecule has 2 heterocycles. The average Bonchev–Trinajstić information content (AvgIpc) is 3.37. The second-order valence-corrected chi connectivity index (χ2v) is 12.2. The highest BCUT2D eigenvalue weighted by molar-refractivity contribution is 6.12. The maximum Gasteiger partial charge on any atom is 0.145 e. The SMILES string of the molecule is C=C(CCC(C)C)c1cccc(C2=CCC(C)(C)CC2)c1-c1cnc2c3ccccc3c3ccccc3n12. The molecule has 6 rings (SSSR count). The van der Waals surface area contributed by atoms with Crippen LogP contribution in [0.2, 0.25) is 0 Å². The Kier molecular flexibility index (Phi) is 6.22. The standard InChI is InChI=1S/C36H38N2/c1-24(2)17-18-25(3)27-14-10-15-28(26-19-21-36(4,5)22-20-26)34(27)33-23-37-35-31-13-7-6-11-29(31)30-12-8-9-16-32(30)38(33)35/h6-16,19,23-24H,3,17-18,20-22H2,1-2,4-5H3. The van der Waals surface area contributed by atoms with E-state index in [2.05, 4.69) is 118 Å². The van der Waals surface area contributed by atoms with Crippen LogP contribution >= 0.6 is 0 Å². The molecule has 0 N–H and O–H groups in total. The van der Waals surface area contributed by atoms with Crippen molar-refractivity contribution in [1.29, 1.82) is 0 Å². The maximum atomic E-state index is 5.07. The van der Waals surface area contributed by atoms with Crippen molar-refractivity contribution in [2.75, 3.05) is 0 Å². The summed E-state index contributed by atoms with van der Waals surface area (Å²) in [7, 11) is 0. The number of para-hydroxylation sites is 1. The molecule has 38 heavy (non-hydrogen) atoms. The Morgan fingerprint density at radius 3 is 2.42 bits per heavy atom. The van der Waals surface area contributed by atoms with Gasteiger partial charge in [-0.2, -0.15) is 0 Å². The van der Waals surface area contributed by atoms with E-state index in [9.17, 15) is 0 Å². The Hall–Kier alpha value is -3.65. The molecule has 0 radical (unpaired) electrons. The molecule has 0 amide bonds. The van der Waals surface area contributed by atoms with E-state index >= 15 is 0 Å². The van der Waals surface area contributed by atoms with Gasteiger partial charge in [0.25, 0.3) is 0 Å². The lowest BCUT2D eigenvalue weighted by Crippen LogP contribution is -2.14. The number of aromatic nitrogens is 2. The first-order chi connectivity index (χ1) is 18.3. The zero-order valence-electron chi connectivity index (χ0n) is 23.2. The fourth-order valence-corrected chi connectivity index (χ4v) is 6.08. The summed E-state index contributed by atoms with van der Waals surface area (Å²) >= 11 is 0. The summed E-state index contributed by atoms with van der Waals surface area (Å²) in [6.45, 7) is 14.0.